The highest BCUT2D eigenvalue weighted by molar-refractivity contribution is 5.81. The van der Waals surface area contributed by atoms with E-state index in [2.05, 4.69) is 26.4 Å². The molecule has 0 aliphatic carbocycles. The molecule has 0 fully saturated rings. The molecular weight excluding hydrogens is 504 g/mol. The van der Waals surface area contributed by atoms with Gasteiger partial charge in [0.05, 0.1) is 12.7 Å². The number of rotatable bonds is 11. The van der Waals surface area contributed by atoms with Gasteiger partial charge in [0, 0.05) is 13.6 Å². The lowest BCUT2D eigenvalue weighted by Gasteiger charge is -2.07. The fourth-order valence-electron chi connectivity index (χ4n) is 2.92. The number of nitrogens with zero attached hydrogens (tertiary/aromatic N) is 2. The standard InChI is InChI=1S/C21H25FN4O2.C7H7F.CH3NO/c1-23-15-25-16-24-14-21(27)26-13-3-2-4-17-5-9-19(10-6-17)28-20-11-7-18(22)8-12-20;1-6-2-4-7(8)5-3-6;2-1-3/h5-12,15-16H,2-4,13-14H2,1H3,(H,26,27)(H,23,24,25);2-5H,1H3;1H,(H2,2,3). The van der Waals surface area contributed by atoms with E-state index in [1.165, 1.54) is 42.5 Å². The number of carbonyl (C=O) groups is 2. The van der Waals surface area contributed by atoms with Crippen molar-refractivity contribution in [2.45, 2.75) is 26.2 Å². The average molecular weight is 540 g/mol. The third-order valence-electron chi connectivity index (χ3n) is 4.80. The summed E-state index contributed by atoms with van der Waals surface area (Å²) in [4.78, 5) is 27.8. The van der Waals surface area contributed by atoms with Crippen LogP contribution in [0.2, 0.25) is 0 Å². The van der Waals surface area contributed by atoms with Gasteiger partial charge in [0.1, 0.15) is 29.7 Å². The number of carbonyl (C=O) groups excluding carboxylic acids is 2. The van der Waals surface area contributed by atoms with Crippen molar-refractivity contribution in [3.8, 4) is 11.5 Å². The molecule has 8 nitrogen and oxygen atoms in total. The van der Waals surface area contributed by atoms with Crippen molar-refractivity contribution in [3.63, 3.8) is 0 Å². The van der Waals surface area contributed by atoms with E-state index in [0.717, 1.165) is 24.8 Å². The van der Waals surface area contributed by atoms with Gasteiger partial charge in [0.2, 0.25) is 12.3 Å². The maximum atomic E-state index is 12.9. The fourth-order valence-corrected chi connectivity index (χ4v) is 2.92. The Balaban J connectivity index is 0.000000575. The van der Waals surface area contributed by atoms with Crippen molar-refractivity contribution in [1.29, 1.82) is 0 Å². The van der Waals surface area contributed by atoms with Crippen LogP contribution in [0.3, 0.4) is 0 Å². The highest BCUT2D eigenvalue weighted by atomic mass is 19.1. The van der Waals surface area contributed by atoms with E-state index in [1.807, 2.05) is 31.2 Å². The zero-order chi connectivity index (χ0) is 28.7. The number of ether oxygens (including phenoxy) is 1. The summed E-state index contributed by atoms with van der Waals surface area (Å²) in [7, 11) is 1.64. The van der Waals surface area contributed by atoms with E-state index in [1.54, 1.807) is 31.3 Å². The van der Waals surface area contributed by atoms with Crippen LogP contribution in [-0.2, 0) is 16.0 Å². The molecule has 3 aromatic carbocycles. The van der Waals surface area contributed by atoms with Crippen LogP contribution in [-0.4, -0.2) is 45.1 Å². The molecule has 39 heavy (non-hydrogen) atoms. The van der Waals surface area contributed by atoms with Crippen molar-refractivity contribution >= 4 is 25.0 Å². The van der Waals surface area contributed by atoms with Crippen LogP contribution < -0.4 is 21.1 Å². The minimum Gasteiger partial charge on any atom is -0.457 e. The Hall–Kier alpha value is -4.60. The SMILES string of the molecule is CN=CNC=NCC(=O)NCCCCc1ccc(Oc2ccc(F)cc2)cc1.Cc1ccc(F)cc1.NC=O. The van der Waals surface area contributed by atoms with Gasteiger partial charge in [0.25, 0.3) is 0 Å². The quantitative estimate of drug-likeness (QED) is 0.143. The summed E-state index contributed by atoms with van der Waals surface area (Å²) < 4.78 is 30.7. The minimum absolute atomic E-state index is 0.0973. The Morgan fingerprint density at radius 3 is 1.97 bits per heavy atom. The first-order valence-electron chi connectivity index (χ1n) is 12.2. The Morgan fingerprint density at radius 2 is 1.44 bits per heavy atom. The summed E-state index contributed by atoms with van der Waals surface area (Å²) in [6, 6.07) is 20.1. The summed E-state index contributed by atoms with van der Waals surface area (Å²) in [6.45, 7) is 2.66. The van der Waals surface area contributed by atoms with E-state index in [-0.39, 0.29) is 30.5 Å². The molecule has 0 heterocycles. The van der Waals surface area contributed by atoms with Crippen LogP contribution in [0.4, 0.5) is 8.78 Å². The number of hydrogen-bond acceptors (Lipinski definition) is 5. The van der Waals surface area contributed by atoms with Gasteiger partial charge in [0.15, 0.2) is 0 Å². The number of unbranched alkanes of at least 4 members (excludes halogenated alkanes) is 1. The third-order valence-corrected chi connectivity index (χ3v) is 4.80. The number of primary amides is 1. The lowest BCUT2D eigenvalue weighted by Crippen LogP contribution is -2.27. The first-order chi connectivity index (χ1) is 18.9. The van der Waals surface area contributed by atoms with Crippen molar-refractivity contribution < 1.29 is 23.1 Å². The normalized spacial score (nSPS) is 10.2. The Bertz CT molecular complexity index is 1120. The topological polar surface area (TPSA) is 118 Å². The van der Waals surface area contributed by atoms with Crippen molar-refractivity contribution in [3.05, 3.63) is 95.6 Å². The molecule has 3 aromatic rings. The number of nitrogens with one attached hydrogen (secondary N) is 2. The number of aliphatic imine (C=N–C) groups is 2. The van der Waals surface area contributed by atoms with Crippen LogP contribution >= 0.6 is 0 Å². The molecule has 0 bridgehead atoms. The van der Waals surface area contributed by atoms with Gasteiger partial charge in [-0.05, 0) is 80.3 Å². The lowest BCUT2D eigenvalue weighted by atomic mass is 10.1. The molecule has 2 amide bonds. The van der Waals surface area contributed by atoms with E-state index in [9.17, 15) is 13.6 Å². The predicted molar refractivity (Wildman–Crippen MR) is 151 cm³/mol. The average Bonchev–Trinajstić information content (AvgIpc) is 2.93. The number of amides is 2. The number of hydrogen-bond donors (Lipinski definition) is 3. The van der Waals surface area contributed by atoms with Crippen LogP contribution in [0.25, 0.3) is 0 Å². The van der Waals surface area contributed by atoms with Crippen molar-refractivity contribution in [2.24, 2.45) is 15.7 Å². The molecule has 0 atom stereocenters. The number of halogens is 2. The maximum absolute atomic E-state index is 12.9. The Morgan fingerprint density at radius 1 is 0.897 bits per heavy atom. The van der Waals surface area contributed by atoms with Gasteiger partial charge in [-0.15, -0.1) is 0 Å². The molecule has 0 saturated heterocycles. The molecular formula is C29H35F2N5O3. The van der Waals surface area contributed by atoms with Crippen LogP contribution in [0.5, 0.6) is 11.5 Å². The van der Waals surface area contributed by atoms with Crippen molar-refractivity contribution in [1.82, 2.24) is 10.6 Å². The summed E-state index contributed by atoms with van der Waals surface area (Å²) in [5, 5.41) is 5.56. The van der Waals surface area contributed by atoms with E-state index in [0.29, 0.717) is 18.0 Å². The molecule has 4 N–H and O–H groups in total. The highest BCUT2D eigenvalue weighted by Crippen LogP contribution is 2.22. The monoisotopic (exact) mass is 539 g/mol. The van der Waals surface area contributed by atoms with Gasteiger partial charge >= 0.3 is 0 Å². The Kier molecular flexibility index (Phi) is 17.0. The first-order valence-corrected chi connectivity index (χ1v) is 12.2. The van der Waals surface area contributed by atoms with Gasteiger partial charge in [-0.2, -0.15) is 0 Å². The summed E-state index contributed by atoms with van der Waals surface area (Å²) in [5.74, 6) is 0.751. The summed E-state index contributed by atoms with van der Waals surface area (Å²) in [5.41, 5.74) is 6.46. The maximum Gasteiger partial charge on any atom is 0.241 e. The largest absolute Gasteiger partial charge is 0.457 e. The number of nitrogens with two attached hydrogens (primary N) is 1. The van der Waals surface area contributed by atoms with Gasteiger partial charge < -0.3 is 21.1 Å². The summed E-state index contributed by atoms with van der Waals surface area (Å²) in [6.07, 6.45) is 5.96. The molecule has 208 valence electrons. The molecule has 3 rings (SSSR count). The summed E-state index contributed by atoms with van der Waals surface area (Å²) >= 11 is 0. The van der Waals surface area contributed by atoms with Crippen LogP contribution in [0.1, 0.15) is 24.0 Å². The third kappa shape index (κ3) is 16.7. The zero-order valence-electron chi connectivity index (χ0n) is 22.1. The van der Waals surface area contributed by atoms with Gasteiger partial charge in [-0.3, -0.25) is 19.6 Å². The predicted octanol–water partition coefficient (Wildman–Crippen LogP) is 4.57. The van der Waals surface area contributed by atoms with Gasteiger partial charge in [-0.25, -0.2) is 8.78 Å². The van der Waals surface area contributed by atoms with E-state index < -0.39 is 0 Å². The second kappa shape index (κ2) is 20.5. The zero-order valence-corrected chi connectivity index (χ0v) is 22.1. The van der Waals surface area contributed by atoms with Gasteiger partial charge in [-0.1, -0.05) is 29.8 Å². The smallest absolute Gasteiger partial charge is 0.241 e. The van der Waals surface area contributed by atoms with E-state index in [4.69, 9.17) is 9.53 Å². The van der Waals surface area contributed by atoms with Crippen LogP contribution in [0, 0.1) is 18.6 Å². The molecule has 0 aliphatic rings. The second-order valence-corrected chi connectivity index (χ2v) is 7.96. The molecule has 0 aliphatic heterocycles. The van der Waals surface area contributed by atoms with Crippen LogP contribution in [0.15, 0.2) is 82.8 Å². The lowest BCUT2D eigenvalue weighted by molar-refractivity contribution is -0.119. The molecule has 0 spiro atoms. The molecule has 10 heteroatoms. The van der Waals surface area contributed by atoms with E-state index >= 15 is 0 Å². The molecule has 0 radical (unpaired) electrons. The number of aryl methyl sites for hydroxylation is 2. The second-order valence-electron chi connectivity index (χ2n) is 7.96. The highest BCUT2D eigenvalue weighted by Gasteiger charge is 2.01. The minimum atomic E-state index is -0.287. The Labute approximate surface area is 228 Å². The number of benzene rings is 3. The van der Waals surface area contributed by atoms with Crippen molar-refractivity contribution in [2.75, 3.05) is 20.1 Å². The molecule has 0 unspecified atom stereocenters. The first kappa shape index (κ1) is 32.4. The molecule has 0 aromatic heterocycles. The fraction of sp³-hybridized carbons (Fsp3) is 0.241. The molecule has 0 saturated carbocycles.